The minimum Gasteiger partial charge on any atom is -0.464 e. The Bertz CT molecular complexity index is 564. The first-order chi connectivity index (χ1) is 10.6. The van der Waals surface area contributed by atoms with Crippen LogP contribution in [0.4, 0.5) is 0 Å². The molecule has 1 aromatic heterocycles. The lowest BCUT2D eigenvalue weighted by molar-refractivity contribution is 0.0594. The highest BCUT2D eigenvalue weighted by molar-refractivity contribution is 6.74. The molecule has 0 saturated heterocycles. The molecule has 0 saturated carbocycles. The van der Waals surface area contributed by atoms with Gasteiger partial charge in [0.15, 0.2) is 14.6 Å². The van der Waals surface area contributed by atoms with E-state index in [-0.39, 0.29) is 16.4 Å². The molecule has 0 aliphatic carbocycles. The molecule has 1 rings (SSSR count). The summed E-state index contributed by atoms with van der Waals surface area (Å²) in [5.74, 6) is -0.535. The maximum atomic E-state index is 11.6. The molecule has 23 heavy (non-hydrogen) atoms. The number of rotatable bonds is 7. The minimum atomic E-state index is -1.74. The van der Waals surface area contributed by atoms with Crippen molar-refractivity contribution in [3.05, 3.63) is 29.1 Å². The molecule has 1 aromatic rings. The Balaban J connectivity index is 2.68. The van der Waals surface area contributed by atoms with Gasteiger partial charge in [-0.25, -0.2) is 9.78 Å². The standard InChI is InChI=1S/C17H27NO4Si/c1-17(2,3)23(5,6)22-9-7-8-13-10-14(12-19)18-15(11-13)16(20)21-4/h10-12H,7-9H2,1-6H3. The van der Waals surface area contributed by atoms with Gasteiger partial charge in [-0.05, 0) is 48.7 Å². The zero-order chi connectivity index (χ0) is 17.7. The van der Waals surface area contributed by atoms with Crippen LogP contribution in [-0.2, 0) is 15.6 Å². The lowest BCUT2D eigenvalue weighted by atomic mass is 10.1. The van der Waals surface area contributed by atoms with Crippen LogP contribution in [0.15, 0.2) is 12.1 Å². The third-order valence-electron chi connectivity index (χ3n) is 4.30. The number of hydrogen-bond acceptors (Lipinski definition) is 5. The van der Waals surface area contributed by atoms with Gasteiger partial charge in [0.05, 0.1) is 7.11 Å². The van der Waals surface area contributed by atoms with Gasteiger partial charge in [0.25, 0.3) is 0 Å². The van der Waals surface area contributed by atoms with Gasteiger partial charge in [0.2, 0.25) is 0 Å². The maximum Gasteiger partial charge on any atom is 0.356 e. The normalized spacial score (nSPS) is 12.1. The van der Waals surface area contributed by atoms with Crippen molar-refractivity contribution in [3.8, 4) is 0 Å². The fourth-order valence-corrected chi connectivity index (χ4v) is 2.93. The number of carbonyl (C=O) groups excluding carboxylic acids is 2. The van der Waals surface area contributed by atoms with Gasteiger partial charge in [-0.3, -0.25) is 4.79 Å². The fraction of sp³-hybridized carbons (Fsp3) is 0.588. The van der Waals surface area contributed by atoms with Crippen molar-refractivity contribution >= 4 is 20.6 Å². The lowest BCUT2D eigenvalue weighted by Crippen LogP contribution is -2.41. The van der Waals surface area contributed by atoms with Crippen LogP contribution in [0.25, 0.3) is 0 Å². The maximum absolute atomic E-state index is 11.6. The van der Waals surface area contributed by atoms with Gasteiger partial charge < -0.3 is 9.16 Å². The second-order valence-corrected chi connectivity index (χ2v) is 11.9. The van der Waals surface area contributed by atoms with Crippen LogP contribution in [0, 0.1) is 0 Å². The van der Waals surface area contributed by atoms with Gasteiger partial charge in [0, 0.05) is 6.61 Å². The largest absolute Gasteiger partial charge is 0.464 e. The summed E-state index contributed by atoms with van der Waals surface area (Å²) in [4.78, 5) is 26.5. The molecule has 0 radical (unpaired) electrons. The van der Waals surface area contributed by atoms with Crippen molar-refractivity contribution in [2.45, 2.75) is 51.7 Å². The first kappa shape index (κ1) is 19.5. The summed E-state index contributed by atoms with van der Waals surface area (Å²) in [6.45, 7) is 11.7. The number of esters is 1. The summed E-state index contributed by atoms with van der Waals surface area (Å²) < 4.78 is 10.8. The second kappa shape index (κ2) is 7.83. The average molecular weight is 337 g/mol. The Hall–Kier alpha value is -1.53. The lowest BCUT2D eigenvalue weighted by Gasteiger charge is -2.36. The van der Waals surface area contributed by atoms with Gasteiger partial charge in [0.1, 0.15) is 11.4 Å². The molecule has 0 bridgehead atoms. The summed E-state index contributed by atoms with van der Waals surface area (Å²) in [6, 6.07) is 3.37. The van der Waals surface area contributed by atoms with Crippen LogP contribution in [-0.4, -0.2) is 39.3 Å². The molecule has 0 aromatic carbocycles. The van der Waals surface area contributed by atoms with E-state index >= 15 is 0 Å². The van der Waals surface area contributed by atoms with Crippen LogP contribution in [0.3, 0.4) is 0 Å². The minimum absolute atomic E-state index is 0.164. The Kier molecular flexibility index (Phi) is 6.65. The zero-order valence-corrected chi connectivity index (χ0v) is 15.9. The zero-order valence-electron chi connectivity index (χ0n) is 14.9. The summed E-state index contributed by atoms with van der Waals surface area (Å²) in [6.07, 6.45) is 2.19. The van der Waals surface area contributed by atoms with E-state index in [0.717, 1.165) is 18.4 Å². The van der Waals surface area contributed by atoms with E-state index in [1.807, 2.05) is 0 Å². The highest BCUT2D eigenvalue weighted by Crippen LogP contribution is 2.36. The van der Waals surface area contributed by atoms with E-state index in [1.54, 1.807) is 12.1 Å². The predicted octanol–water partition coefficient (Wildman–Crippen LogP) is 3.64. The van der Waals surface area contributed by atoms with Gasteiger partial charge in [-0.1, -0.05) is 20.8 Å². The Morgan fingerprint density at radius 1 is 1.30 bits per heavy atom. The third kappa shape index (κ3) is 5.55. The molecule has 0 atom stereocenters. The van der Waals surface area contributed by atoms with Crippen molar-refractivity contribution in [1.82, 2.24) is 4.98 Å². The van der Waals surface area contributed by atoms with Crippen molar-refractivity contribution < 1.29 is 18.8 Å². The van der Waals surface area contributed by atoms with E-state index < -0.39 is 14.3 Å². The molecule has 5 nitrogen and oxygen atoms in total. The molecule has 128 valence electrons. The number of pyridine rings is 1. The molecule has 6 heteroatoms. The Morgan fingerprint density at radius 3 is 2.48 bits per heavy atom. The summed E-state index contributed by atoms with van der Waals surface area (Å²) in [7, 11) is -0.442. The van der Waals surface area contributed by atoms with E-state index in [9.17, 15) is 9.59 Å². The van der Waals surface area contributed by atoms with E-state index in [2.05, 4.69) is 43.6 Å². The topological polar surface area (TPSA) is 65.5 Å². The fourth-order valence-electron chi connectivity index (χ4n) is 1.84. The average Bonchev–Trinajstić information content (AvgIpc) is 2.49. The molecular formula is C17H27NO4Si. The van der Waals surface area contributed by atoms with Crippen LogP contribution >= 0.6 is 0 Å². The Morgan fingerprint density at radius 2 is 1.96 bits per heavy atom. The SMILES string of the molecule is COC(=O)c1cc(CCCO[Si](C)(C)C(C)(C)C)cc(C=O)n1. The molecule has 0 spiro atoms. The monoisotopic (exact) mass is 337 g/mol. The molecule has 0 N–H and O–H groups in total. The number of ether oxygens (including phenoxy) is 1. The number of hydrogen-bond donors (Lipinski definition) is 0. The molecule has 0 unspecified atom stereocenters. The van der Waals surface area contributed by atoms with Gasteiger partial charge >= 0.3 is 5.97 Å². The first-order valence-corrected chi connectivity index (χ1v) is 10.7. The number of aromatic nitrogens is 1. The van der Waals surface area contributed by atoms with Gasteiger partial charge in [-0.15, -0.1) is 0 Å². The van der Waals surface area contributed by atoms with Crippen LogP contribution in [0.2, 0.25) is 18.1 Å². The second-order valence-electron chi connectivity index (χ2n) is 7.11. The van der Waals surface area contributed by atoms with Crippen LogP contribution < -0.4 is 0 Å². The van der Waals surface area contributed by atoms with Crippen LogP contribution in [0.5, 0.6) is 0 Å². The molecule has 0 fully saturated rings. The van der Waals surface area contributed by atoms with Crippen LogP contribution in [0.1, 0.15) is 53.7 Å². The third-order valence-corrected chi connectivity index (χ3v) is 8.84. The number of methoxy groups -OCH3 is 1. The number of aldehydes is 1. The highest BCUT2D eigenvalue weighted by atomic mass is 28.4. The highest BCUT2D eigenvalue weighted by Gasteiger charge is 2.36. The summed E-state index contributed by atoms with van der Waals surface area (Å²) >= 11 is 0. The van der Waals surface area contributed by atoms with Crippen molar-refractivity contribution in [1.29, 1.82) is 0 Å². The molecule has 0 aliphatic heterocycles. The summed E-state index contributed by atoms with van der Waals surface area (Å²) in [5, 5.41) is 0.187. The van der Waals surface area contributed by atoms with E-state index in [0.29, 0.717) is 12.9 Å². The van der Waals surface area contributed by atoms with Crippen molar-refractivity contribution in [2.75, 3.05) is 13.7 Å². The number of carbonyl (C=O) groups is 2. The van der Waals surface area contributed by atoms with E-state index in [1.165, 1.54) is 7.11 Å². The van der Waals surface area contributed by atoms with E-state index in [4.69, 9.17) is 4.43 Å². The molecular weight excluding hydrogens is 310 g/mol. The Labute approximate surface area is 139 Å². The quantitative estimate of drug-likeness (QED) is 0.329. The molecule has 1 heterocycles. The first-order valence-electron chi connectivity index (χ1n) is 7.79. The molecule has 0 amide bonds. The predicted molar refractivity (Wildman–Crippen MR) is 92.4 cm³/mol. The van der Waals surface area contributed by atoms with Gasteiger partial charge in [-0.2, -0.15) is 0 Å². The van der Waals surface area contributed by atoms with Crippen molar-refractivity contribution in [2.24, 2.45) is 0 Å². The molecule has 0 aliphatic rings. The summed E-state index contributed by atoms with van der Waals surface area (Å²) in [5.41, 5.74) is 1.30. The van der Waals surface area contributed by atoms with Crippen molar-refractivity contribution in [3.63, 3.8) is 0 Å². The number of aryl methyl sites for hydroxylation is 1. The smallest absolute Gasteiger partial charge is 0.356 e. The number of nitrogens with zero attached hydrogens (tertiary/aromatic N) is 1.